The summed E-state index contributed by atoms with van der Waals surface area (Å²) < 4.78 is 5.33. The molecular formula is C13H16O2. The summed E-state index contributed by atoms with van der Waals surface area (Å²) in [7, 11) is 1.71. The van der Waals surface area contributed by atoms with Crippen LogP contribution in [0.2, 0.25) is 0 Å². The Balaban J connectivity index is 2.24. The van der Waals surface area contributed by atoms with E-state index in [4.69, 9.17) is 9.84 Å². The van der Waals surface area contributed by atoms with Crippen LogP contribution < -0.4 is 4.74 Å². The highest BCUT2D eigenvalue weighted by atomic mass is 16.5. The summed E-state index contributed by atoms with van der Waals surface area (Å²) in [6, 6.07) is 6.16. The first-order valence-electron chi connectivity index (χ1n) is 5.33. The molecular weight excluding hydrogens is 188 g/mol. The van der Waals surface area contributed by atoms with Crippen LogP contribution in [0.3, 0.4) is 0 Å². The van der Waals surface area contributed by atoms with Gasteiger partial charge in [0, 0.05) is 12.2 Å². The first kappa shape index (κ1) is 10.2. The van der Waals surface area contributed by atoms with Crippen molar-refractivity contribution in [3.05, 3.63) is 35.4 Å². The standard InChI is InChI=1S/C13H16O2/c1-15-13-6-2-5-11-10(4-3-9-14)7-8-12(11)13/h2,5-7,14H,3-4,8-9H2,1H3. The summed E-state index contributed by atoms with van der Waals surface area (Å²) in [6.45, 7) is 0.261. The van der Waals surface area contributed by atoms with Gasteiger partial charge in [0.2, 0.25) is 0 Å². The van der Waals surface area contributed by atoms with Gasteiger partial charge in [0.1, 0.15) is 5.75 Å². The number of fused-ring (bicyclic) bond motifs is 1. The summed E-state index contributed by atoms with van der Waals surface area (Å²) >= 11 is 0. The molecule has 0 heterocycles. The number of allylic oxidation sites excluding steroid dienone is 2. The van der Waals surface area contributed by atoms with E-state index in [1.165, 1.54) is 16.7 Å². The molecule has 0 fully saturated rings. The third kappa shape index (κ3) is 1.90. The average molecular weight is 204 g/mol. The van der Waals surface area contributed by atoms with E-state index in [0.717, 1.165) is 25.0 Å². The summed E-state index contributed by atoms with van der Waals surface area (Å²) in [5.41, 5.74) is 3.92. The van der Waals surface area contributed by atoms with E-state index in [-0.39, 0.29) is 6.61 Å². The summed E-state index contributed by atoms with van der Waals surface area (Å²) in [6.07, 6.45) is 4.99. The minimum atomic E-state index is 0.261. The van der Waals surface area contributed by atoms with E-state index in [1.54, 1.807) is 7.11 Å². The van der Waals surface area contributed by atoms with Gasteiger partial charge in [-0.2, -0.15) is 0 Å². The van der Waals surface area contributed by atoms with Crippen LogP contribution in [0.1, 0.15) is 24.0 Å². The first-order valence-corrected chi connectivity index (χ1v) is 5.33. The smallest absolute Gasteiger partial charge is 0.122 e. The highest BCUT2D eigenvalue weighted by molar-refractivity contribution is 5.75. The van der Waals surface area contributed by atoms with Crippen molar-refractivity contribution in [1.82, 2.24) is 0 Å². The number of aliphatic hydroxyl groups excluding tert-OH is 1. The Kier molecular flexibility index (Phi) is 3.07. The maximum Gasteiger partial charge on any atom is 0.122 e. The van der Waals surface area contributed by atoms with Gasteiger partial charge in [0.15, 0.2) is 0 Å². The van der Waals surface area contributed by atoms with E-state index in [2.05, 4.69) is 12.1 Å². The molecule has 0 amide bonds. The van der Waals surface area contributed by atoms with Crippen LogP contribution in [0.15, 0.2) is 24.3 Å². The average Bonchev–Trinajstić information content (AvgIpc) is 2.69. The third-order valence-electron chi connectivity index (χ3n) is 2.86. The summed E-state index contributed by atoms with van der Waals surface area (Å²) in [5, 5.41) is 8.82. The van der Waals surface area contributed by atoms with Crippen molar-refractivity contribution in [2.24, 2.45) is 0 Å². The number of aliphatic hydroxyl groups is 1. The van der Waals surface area contributed by atoms with Gasteiger partial charge in [-0.25, -0.2) is 0 Å². The molecule has 15 heavy (non-hydrogen) atoms. The van der Waals surface area contributed by atoms with E-state index in [1.807, 2.05) is 12.1 Å². The van der Waals surface area contributed by atoms with Gasteiger partial charge in [-0.3, -0.25) is 0 Å². The van der Waals surface area contributed by atoms with Crippen LogP contribution in [0.25, 0.3) is 5.57 Å². The van der Waals surface area contributed by atoms with Crippen LogP contribution in [-0.2, 0) is 6.42 Å². The van der Waals surface area contributed by atoms with Crippen LogP contribution in [0.5, 0.6) is 5.75 Å². The molecule has 0 bridgehead atoms. The molecule has 0 atom stereocenters. The molecule has 0 saturated carbocycles. The van der Waals surface area contributed by atoms with Gasteiger partial charge in [0.05, 0.1) is 7.11 Å². The van der Waals surface area contributed by atoms with Crippen molar-refractivity contribution >= 4 is 5.57 Å². The fourth-order valence-corrected chi connectivity index (χ4v) is 2.11. The van der Waals surface area contributed by atoms with Crippen LogP contribution >= 0.6 is 0 Å². The molecule has 1 aromatic carbocycles. The van der Waals surface area contributed by atoms with E-state index in [0.29, 0.717) is 0 Å². The lowest BCUT2D eigenvalue weighted by molar-refractivity contribution is 0.290. The first-order chi connectivity index (χ1) is 7.36. The van der Waals surface area contributed by atoms with Gasteiger partial charge in [0.25, 0.3) is 0 Å². The zero-order valence-electron chi connectivity index (χ0n) is 8.99. The molecule has 1 aromatic rings. The van der Waals surface area contributed by atoms with Crippen molar-refractivity contribution in [3.63, 3.8) is 0 Å². The molecule has 0 unspecified atom stereocenters. The van der Waals surface area contributed by atoms with Gasteiger partial charge >= 0.3 is 0 Å². The Hall–Kier alpha value is -1.28. The topological polar surface area (TPSA) is 29.5 Å². The largest absolute Gasteiger partial charge is 0.496 e. The Morgan fingerprint density at radius 3 is 3.00 bits per heavy atom. The molecule has 0 aliphatic heterocycles. The van der Waals surface area contributed by atoms with Crippen LogP contribution in [0, 0.1) is 0 Å². The third-order valence-corrected chi connectivity index (χ3v) is 2.86. The van der Waals surface area contributed by atoms with Crippen molar-refractivity contribution < 1.29 is 9.84 Å². The number of ether oxygens (including phenoxy) is 1. The molecule has 0 spiro atoms. The second kappa shape index (κ2) is 4.49. The molecule has 1 aliphatic carbocycles. The normalized spacial score (nSPS) is 13.6. The monoisotopic (exact) mass is 204 g/mol. The zero-order valence-corrected chi connectivity index (χ0v) is 8.99. The predicted molar refractivity (Wildman–Crippen MR) is 61.0 cm³/mol. The van der Waals surface area contributed by atoms with Crippen molar-refractivity contribution in [3.8, 4) is 5.75 Å². The molecule has 1 aliphatic rings. The van der Waals surface area contributed by atoms with E-state index < -0.39 is 0 Å². The lowest BCUT2D eigenvalue weighted by Crippen LogP contribution is -1.92. The molecule has 2 rings (SSSR count). The second-order valence-electron chi connectivity index (χ2n) is 3.75. The van der Waals surface area contributed by atoms with Crippen LogP contribution in [-0.4, -0.2) is 18.8 Å². The number of rotatable bonds is 4. The SMILES string of the molecule is COc1cccc2c1CC=C2CCCO. The number of benzene rings is 1. The molecule has 0 radical (unpaired) electrons. The highest BCUT2D eigenvalue weighted by Crippen LogP contribution is 2.35. The Bertz CT molecular complexity index is 380. The fourth-order valence-electron chi connectivity index (χ4n) is 2.11. The Morgan fingerprint density at radius 1 is 1.40 bits per heavy atom. The molecule has 1 N–H and O–H groups in total. The summed E-state index contributed by atoms with van der Waals surface area (Å²) in [5.74, 6) is 0.975. The Labute approximate surface area is 90.2 Å². The lowest BCUT2D eigenvalue weighted by atomic mass is 10.0. The Morgan fingerprint density at radius 2 is 2.27 bits per heavy atom. The van der Waals surface area contributed by atoms with Crippen LogP contribution in [0.4, 0.5) is 0 Å². The second-order valence-corrected chi connectivity index (χ2v) is 3.75. The van der Waals surface area contributed by atoms with Gasteiger partial charge < -0.3 is 9.84 Å². The van der Waals surface area contributed by atoms with Crippen molar-refractivity contribution in [2.75, 3.05) is 13.7 Å². The number of methoxy groups -OCH3 is 1. The molecule has 0 saturated heterocycles. The number of hydrogen-bond acceptors (Lipinski definition) is 2. The van der Waals surface area contributed by atoms with Crippen molar-refractivity contribution in [2.45, 2.75) is 19.3 Å². The lowest BCUT2D eigenvalue weighted by Gasteiger charge is -2.08. The summed E-state index contributed by atoms with van der Waals surface area (Å²) in [4.78, 5) is 0. The maximum absolute atomic E-state index is 8.82. The van der Waals surface area contributed by atoms with Crippen molar-refractivity contribution in [1.29, 1.82) is 0 Å². The van der Waals surface area contributed by atoms with E-state index >= 15 is 0 Å². The van der Waals surface area contributed by atoms with E-state index in [9.17, 15) is 0 Å². The fraction of sp³-hybridized carbons (Fsp3) is 0.385. The molecule has 2 nitrogen and oxygen atoms in total. The van der Waals surface area contributed by atoms with Gasteiger partial charge in [-0.1, -0.05) is 18.2 Å². The number of hydrogen-bond donors (Lipinski definition) is 1. The predicted octanol–water partition coefficient (Wildman–Crippen LogP) is 2.41. The molecule has 2 heteroatoms. The maximum atomic E-state index is 8.82. The van der Waals surface area contributed by atoms with Gasteiger partial charge in [-0.15, -0.1) is 0 Å². The minimum absolute atomic E-state index is 0.261. The van der Waals surface area contributed by atoms with Gasteiger partial charge in [-0.05, 0) is 36.5 Å². The quantitative estimate of drug-likeness (QED) is 0.816. The minimum Gasteiger partial charge on any atom is -0.496 e. The molecule has 0 aromatic heterocycles. The highest BCUT2D eigenvalue weighted by Gasteiger charge is 2.16. The zero-order chi connectivity index (χ0) is 10.7. The molecule has 80 valence electrons.